The molecule has 1 aromatic carbocycles. The molecule has 0 radical (unpaired) electrons. The lowest BCUT2D eigenvalue weighted by Crippen LogP contribution is -2.22. The first-order chi connectivity index (χ1) is 11.3. The molecule has 0 unspecified atom stereocenters. The third-order valence-corrected chi connectivity index (χ3v) is 4.34. The summed E-state index contributed by atoms with van der Waals surface area (Å²) in [4.78, 5) is 20.6. The molecule has 3 rings (SSSR count). The maximum atomic E-state index is 11.9. The van der Waals surface area contributed by atoms with Crippen LogP contribution in [0.3, 0.4) is 0 Å². The van der Waals surface area contributed by atoms with E-state index in [0.29, 0.717) is 19.4 Å². The summed E-state index contributed by atoms with van der Waals surface area (Å²) in [5.41, 5.74) is 3.06. The van der Waals surface area contributed by atoms with Gasteiger partial charge in [0.05, 0.1) is 5.69 Å². The molecular weight excluding hydrogens is 306 g/mol. The molecular formula is C18H17N3OS. The second kappa shape index (κ2) is 7.65. The molecule has 0 saturated heterocycles. The lowest BCUT2D eigenvalue weighted by atomic mass is 10.2. The molecule has 2 heterocycles. The smallest absolute Gasteiger partial charge is 0.220 e. The van der Waals surface area contributed by atoms with Gasteiger partial charge in [0.1, 0.15) is 5.01 Å². The van der Waals surface area contributed by atoms with Crippen LogP contribution in [0.2, 0.25) is 0 Å². The van der Waals surface area contributed by atoms with E-state index in [-0.39, 0.29) is 5.91 Å². The Morgan fingerprint density at radius 1 is 1.13 bits per heavy atom. The minimum atomic E-state index is 0.0461. The molecule has 0 fully saturated rings. The van der Waals surface area contributed by atoms with Crippen LogP contribution in [0.5, 0.6) is 0 Å². The van der Waals surface area contributed by atoms with E-state index in [2.05, 4.69) is 15.3 Å². The van der Waals surface area contributed by atoms with Gasteiger partial charge in [-0.3, -0.25) is 9.78 Å². The number of hydrogen-bond donors (Lipinski definition) is 1. The van der Waals surface area contributed by atoms with Crippen molar-refractivity contribution < 1.29 is 4.79 Å². The van der Waals surface area contributed by atoms with Gasteiger partial charge in [-0.25, -0.2) is 4.98 Å². The Balaban J connectivity index is 1.49. The molecule has 116 valence electrons. The average molecular weight is 323 g/mol. The van der Waals surface area contributed by atoms with Crippen molar-refractivity contribution in [1.29, 1.82) is 0 Å². The van der Waals surface area contributed by atoms with Gasteiger partial charge in [0, 0.05) is 36.3 Å². The number of thiazole rings is 1. The zero-order chi connectivity index (χ0) is 15.9. The van der Waals surface area contributed by atoms with Gasteiger partial charge in [0.15, 0.2) is 0 Å². The van der Waals surface area contributed by atoms with Crippen LogP contribution >= 0.6 is 11.3 Å². The number of carbonyl (C=O) groups is 1. The Hall–Kier alpha value is -2.53. The molecule has 5 heteroatoms. The molecule has 1 N–H and O–H groups in total. The first-order valence-corrected chi connectivity index (χ1v) is 8.34. The van der Waals surface area contributed by atoms with Crippen molar-refractivity contribution in [2.24, 2.45) is 0 Å². The highest BCUT2D eigenvalue weighted by molar-refractivity contribution is 7.13. The fourth-order valence-corrected chi connectivity index (χ4v) is 3.02. The second-order valence-electron chi connectivity index (χ2n) is 5.15. The minimum Gasteiger partial charge on any atom is -0.352 e. The van der Waals surface area contributed by atoms with E-state index in [9.17, 15) is 4.79 Å². The van der Waals surface area contributed by atoms with Crippen molar-refractivity contribution in [1.82, 2.24) is 15.3 Å². The van der Waals surface area contributed by atoms with Gasteiger partial charge in [0.25, 0.3) is 0 Å². The number of nitrogens with one attached hydrogen (secondary N) is 1. The van der Waals surface area contributed by atoms with Crippen molar-refractivity contribution >= 4 is 17.2 Å². The first kappa shape index (κ1) is 15.4. The molecule has 0 bridgehead atoms. The highest BCUT2D eigenvalue weighted by atomic mass is 32.1. The summed E-state index contributed by atoms with van der Waals surface area (Å²) < 4.78 is 0. The number of benzene rings is 1. The highest BCUT2D eigenvalue weighted by Gasteiger charge is 2.07. The van der Waals surface area contributed by atoms with E-state index < -0.39 is 0 Å². The number of aryl methyl sites for hydroxylation is 1. The molecule has 0 atom stereocenters. The quantitative estimate of drug-likeness (QED) is 0.756. The lowest BCUT2D eigenvalue weighted by Gasteiger charge is -2.04. The predicted molar refractivity (Wildman–Crippen MR) is 92.0 cm³/mol. The van der Waals surface area contributed by atoms with Crippen LogP contribution in [0.15, 0.2) is 60.2 Å². The summed E-state index contributed by atoms with van der Waals surface area (Å²) in [5, 5.41) is 5.88. The van der Waals surface area contributed by atoms with Gasteiger partial charge in [-0.05, 0) is 24.1 Å². The van der Waals surface area contributed by atoms with E-state index in [1.54, 1.807) is 23.7 Å². The van der Waals surface area contributed by atoms with Gasteiger partial charge in [-0.15, -0.1) is 11.3 Å². The van der Waals surface area contributed by atoms with E-state index in [1.807, 2.05) is 47.8 Å². The van der Waals surface area contributed by atoms with Crippen molar-refractivity contribution in [3.63, 3.8) is 0 Å². The molecule has 0 aliphatic heterocycles. The Labute approximate surface area is 139 Å². The Kier molecular flexibility index (Phi) is 5.11. The number of aromatic nitrogens is 2. The molecule has 4 nitrogen and oxygen atoms in total. The number of nitrogens with zero attached hydrogens (tertiary/aromatic N) is 2. The third-order valence-electron chi connectivity index (χ3n) is 3.40. The first-order valence-electron chi connectivity index (χ1n) is 7.47. The van der Waals surface area contributed by atoms with Crippen LogP contribution < -0.4 is 5.32 Å². The van der Waals surface area contributed by atoms with Crippen molar-refractivity contribution in [3.05, 3.63) is 71.5 Å². The number of pyridine rings is 1. The summed E-state index contributed by atoms with van der Waals surface area (Å²) in [6.07, 6.45) is 4.64. The van der Waals surface area contributed by atoms with Crippen molar-refractivity contribution in [2.75, 3.05) is 0 Å². The summed E-state index contributed by atoms with van der Waals surface area (Å²) in [5.74, 6) is 0.0461. The number of carbonyl (C=O) groups excluding carboxylic acids is 1. The summed E-state index contributed by atoms with van der Waals surface area (Å²) in [7, 11) is 0. The predicted octanol–water partition coefficient (Wildman–Crippen LogP) is 3.45. The molecule has 0 aliphatic carbocycles. The largest absolute Gasteiger partial charge is 0.352 e. The average Bonchev–Trinajstić information content (AvgIpc) is 3.09. The molecule has 0 aliphatic rings. The minimum absolute atomic E-state index is 0.0461. The second-order valence-corrected chi connectivity index (χ2v) is 6.01. The molecule has 0 saturated carbocycles. The third kappa shape index (κ3) is 4.47. The maximum absolute atomic E-state index is 11.9. The Morgan fingerprint density at radius 2 is 2.00 bits per heavy atom. The van der Waals surface area contributed by atoms with E-state index in [1.165, 1.54) is 0 Å². The van der Waals surface area contributed by atoms with Crippen LogP contribution in [0, 0.1) is 0 Å². The van der Waals surface area contributed by atoms with Gasteiger partial charge < -0.3 is 5.32 Å². The van der Waals surface area contributed by atoms with E-state index in [4.69, 9.17) is 0 Å². The fraction of sp³-hybridized carbons (Fsp3) is 0.167. The maximum Gasteiger partial charge on any atom is 0.220 e. The van der Waals surface area contributed by atoms with Crippen LogP contribution in [0.4, 0.5) is 0 Å². The van der Waals surface area contributed by atoms with Crippen LogP contribution in [-0.4, -0.2) is 15.9 Å². The van der Waals surface area contributed by atoms with Gasteiger partial charge in [-0.2, -0.15) is 0 Å². The molecule has 0 spiro atoms. The highest BCUT2D eigenvalue weighted by Crippen LogP contribution is 2.23. The van der Waals surface area contributed by atoms with Crippen molar-refractivity contribution in [3.8, 4) is 10.6 Å². The topological polar surface area (TPSA) is 54.9 Å². The van der Waals surface area contributed by atoms with Gasteiger partial charge >= 0.3 is 0 Å². The van der Waals surface area contributed by atoms with E-state index in [0.717, 1.165) is 21.8 Å². The van der Waals surface area contributed by atoms with Crippen LogP contribution in [0.1, 0.15) is 17.7 Å². The summed E-state index contributed by atoms with van der Waals surface area (Å²) in [6, 6.07) is 13.8. The number of rotatable bonds is 6. The van der Waals surface area contributed by atoms with Gasteiger partial charge in [-0.1, -0.05) is 30.3 Å². The van der Waals surface area contributed by atoms with Crippen molar-refractivity contribution in [2.45, 2.75) is 19.4 Å². The molecule has 23 heavy (non-hydrogen) atoms. The Morgan fingerprint density at radius 3 is 2.78 bits per heavy atom. The standard InChI is InChI=1S/C18H17N3OS/c22-17(20-11-14-5-2-1-3-6-14)9-8-16-13-23-18(21-16)15-7-4-10-19-12-15/h1-7,10,12-13H,8-9,11H2,(H,20,22). The normalized spacial score (nSPS) is 10.4. The van der Waals surface area contributed by atoms with E-state index >= 15 is 0 Å². The molecule has 2 aromatic heterocycles. The number of hydrogen-bond acceptors (Lipinski definition) is 4. The monoisotopic (exact) mass is 323 g/mol. The zero-order valence-electron chi connectivity index (χ0n) is 12.6. The fourth-order valence-electron chi connectivity index (χ4n) is 2.17. The SMILES string of the molecule is O=C(CCc1csc(-c2cccnc2)n1)NCc1ccccc1. The van der Waals surface area contributed by atoms with Crippen LogP contribution in [0.25, 0.3) is 10.6 Å². The molecule has 3 aromatic rings. The van der Waals surface area contributed by atoms with Crippen LogP contribution in [-0.2, 0) is 17.8 Å². The lowest BCUT2D eigenvalue weighted by molar-refractivity contribution is -0.121. The molecule has 1 amide bonds. The van der Waals surface area contributed by atoms with Gasteiger partial charge in [0.2, 0.25) is 5.91 Å². The number of amides is 1. The summed E-state index contributed by atoms with van der Waals surface area (Å²) in [6.45, 7) is 0.567. The Bertz CT molecular complexity index is 756. The zero-order valence-corrected chi connectivity index (χ0v) is 13.4. The summed E-state index contributed by atoms with van der Waals surface area (Å²) >= 11 is 1.58.